The molecule has 8 heteroatoms. The molecule has 1 saturated heterocycles. The summed E-state index contributed by atoms with van der Waals surface area (Å²) in [5.74, 6) is 1.46. The highest BCUT2D eigenvalue weighted by Gasteiger charge is 2.24. The molecule has 1 amide bonds. The van der Waals surface area contributed by atoms with E-state index in [-0.39, 0.29) is 5.91 Å². The number of anilines is 2. The molecule has 0 saturated carbocycles. The Labute approximate surface area is 240 Å². The van der Waals surface area contributed by atoms with E-state index in [4.69, 9.17) is 4.98 Å². The molecule has 2 aliphatic heterocycles. The van der Waals surface area contributed by atoms with Crippen LogP contribution in [0.2, 0.25) is 0 Å². The molecule has 0 spiro atoms. The topological polar surface area (TPSA) is 64.6 Å². The van der Waals surface area contributed by atoms with Gasteiger partial charge in [-0.3, -0.25) is 9.69 Å². The minimum Gasteiger partial charge on any atom is -0.385 e. The molecule has 3 heterocycles. The van der Waals surface area contributed by atoms with Crippen LogP contribution in [-0.4, -0.2) is 64.9 Å². The fourth-order valence-electron chi connectivity index (χ4n) is 5.42. The Balaban J connectivity index is 1.39. The van der Waals surface area contributed by atoms with Crippen LogP contribution in [-0.2, 0) is 13.1 Å². The molecule has 3 aromatic rings. The van der Waals surface area contributed by atoms with Crippen molar-refractivity contribution in [2.75, 3.05) is 49.5 Å². The predicted molar refractivity (Wildman–Crippen MR) is 161 cm³/mol. The number of nitrogens with one attached hydrogen (secondary N) is 1. The minimum absolute atomic E-state index is 0.0175. The average molecular weight is 592 g/mol. The number of nitrogens with zero attached hydrogens (tertiary/aromatic N) is 5. The Kier molecular flexibility index (Phi) is 9.14. The number of carbonyl (C=O) groups is 1. The zero-order chi connectivity index (χ0) is 27.2. The van der Waals surface area contributed by atoms with Crippen molar-refractivity contribution in [3.05, 3.63) is 81.6 Å². The van der Waals surface area contributed by atoms with Crippen LogP contribution < -0.4 is 10.2 Å². The predicted octanol–water partition coefficient (Wildman–Crippen LogP) is 5.74. The summed E-state index contributed by atoms with van der Waals surface area (Å²) in [6.45, 7) is 10.8. The molecule has 1 aromatic heterocycles. The van der Waals surface area contributed by atoms with Crippen molar-refractivity contribution in [2.45, 2.75) is 46.2 Å². The molecule has 2 aliphatic rings. The number of carbonyl (C=O) groups excluding carboxylic acids is 1. The standard InChI is InChI=1S/C31H39BrN6O/c1-23-11-15-37(16-12-23)31-34-20-28(24(2)35-31)30(39)38-18-17-36(21-25-7-4-3-5-8-25)14-6-13-33-29-10-9-27(32)19-26(29)22-38/h3-5,7-10,19-20,23,33H,6,11-18,21-22H2,1-2H3. The van der Waals surface area contributed by atoms with Crippen LogP contribution in [0.25, 0.3) is 0 Å². The third kappa shape index (κ3) is 7.17. The Hall–Kier alpha value is -2.97. The zero-order valence-electron chi connectivity index (χ0n) is 23.1. The van der Waals surface area contributed by atoms with Crippen LogP contribution >= 0.6 is 15.9 Å². The van der Waals surface area contributed by atoms with Gasteiger partial charge in [-0.05, 0) is 61.4 Å². The van der Waals surface area contributed by atoms with Gasteiger partial charge in [-0.1, -0.05) is 53.2 Å². The number of aryl methyl sites for hydroxylation is 1. The summed E-state index contributed by atoms with van der Waals surface area (Å²) in [5, 5.41) is 3.61. The van der Waals surface area contributed by atoms with Gasteiger partial charge in [-0.2, -0.15) is 0 Å². The smallest absolute Gasteiger partial charge is 0.257 e. The van der Waals surface area contributed by atoms with Crippen molar-refractivity contribution in [3.63, 3.8) is 0 Å². The number of halogens is 1. The van der Waals surface area contributed by atoms with Gasteiger partial charge in [0.25, 0.3) is 5.91 Å². The normalized spacial score (nSPS) is 17.7. The van der Waals surface area contributed by atoms with Crippen molar-refractivity contribution < 1.29 is 4.79 Å². The van der Waals surface area contributed by atoms with Crippen molar-refractivity contribution in [1.29, 1.82) is 0 Å². The maximum Gasteiger partial charge on any atom is 0.257 e. The van der Waals surface area contributed by atoms with Crippen LogP contribution in [0.4, 0.5) is 11.6 Å². The molecule has 0 bridgehead atoms. The SMILES string of the molecule is Cc1nc(N2CCC(C)CC2)ncc1C(=O)N1CCN(Cc2ccccc2)CCCNc2ccc(Br)cc2C1. The monoisotopic (exact) mass is 590 g/mol. The minimum atomic E-state index is -0.0175. The fraction of sp³-hybridized carbons (Fsp3) is 0.452. The molecule has 1 N–H and O–H groups in total. The first-order valence-corrected chi connectivity index (χ1v) is 14.9. The summed E-state index contributed by atoms with van der Waals surface area (Å²) < 4.78 is 1.01. The molecule has 0 radical (unpaired) electrons. The number of piperidine rings is 1. The second-order valence-electron chi connectivity index (χ2n) is 10.9. The number of rotatable bonds is 4. The highest BCUT2D eigenvalue weighted by atomic mass is 79.9. The summed E-state index contributed by atoms with van der Waals surface area (Å²) in [6, 6.07) is 16.8. The third-order valence-electron chi connectivity index (χ3n) is 7.88. The average Bonchev–Trinajstić information content (AvgIpc) is 2.98. The Morgan fingerprint density at radius 2 is 1.85 bits per heavy atom. The lowest BCUT2D eigenvalue weighted by Gasteiger charge is -2.31. The van der Waals surface area contributed by atoms with Gasteiger partial charge in [-0.25, -0.2) is 9.97 Å². The van der Waals surface area contributed by atoms with Gasteiger partial charge < -0.3 is 15.1 Å². The molecule has 7 nitrogen and oxygen atoms in total. The van der Waals surface area contributed by atoms with Gasteiger partial charge in [0.15, 0.2) is 0 Å². The van der Waals surface area contributed by atoms with Crippen molar-refractivity contribution in [3.8, 4) is 0 Å². The van der Waals surface area contributed by atoms with Crippen LogP contribution in [0.1, 0.15) is 53.4 Å². The van der Waals surface area contributed by atoms with E-state index in [1.54, 1.807) is 6.20 Å². The molecule has 0 unspecified atom stereocenters. The molecular weight excluding hydrogens is 552 g/mol. The van der Waals surface area contributed by atoms with E-state index in [0.717, 1.165) is 91.8 Å². The van der Waals surface area contributed by atoms with Crippen molar-refractivity contribution >= 4 is 33.5 Å². The summed E-state index contributed by atoms with van der Waals surface area (Å²) >= 11 is 3.63. The summed E-state index contributed by atoms with van der Waals surface area (Å²) in [5.41, 5.74) is 4.80. The second kappa shape index (κ2) is 12.9. The molecule has 0 aliphatic carbocycles. The number of hydrogen-bond acceptors (Lipinski definition) is 6. The first kappa shape index (κ1) is 27.6. The largest absolute Gasteiger partial charge is 0.385 e. The summed E-state index contributed by atoms with van der Waals surface area (Å²) in [4.78, 5) is 30.2. The fourth-order valence-corrected chi connectivity index (χ4v) is 5.83. The van der Waals surface area contributed by atoms with Crippen LogP contribution in [0.5, 0.6) is 0 Å². The first-order chi connectivity index (χ1) is 19.0. The molecule has 206 valence electrons. The lowest BCUT2D eigenvalue weighted by molar-refractivity contribution is 0.0718. The van der Waals surface area contributed by atoms with Crippen LogP contribution in [0.3, 0.4) is 0 Å². The van der Waals surface area contributed by atoms with E-state index in [1.165, 1.54) is 5.56 Å². The molecular formula is C31H39BrN6O. The zero-order valence-corrected chi connectivity index (χ0v) is 24.7. The van der Waals surface area contributed by atoms with Gasteiger partial charge in [0.2, 0.25) is 5.95 Å². The maximum absolute atomic E-state index is 14.0. The van der Waals surface area contributed by atoms with Crippen molar-refractivity contribution in [2.24, 2.45) is 5.92 Å². The molecule has 0 atom stereocenters. The van der Waals surface area contributed by atoms with Gasteiger partial charge in [0.1, 0.15) is 0 Å². The highest BCUT2D eigenvalue weighted by Crippen LogP contribution is 2.25. The third-order valence-corrected chi connectivity index (χ3v) is 8.37. The summed E-state index contributed by atoms with van der Waals surface area (Å²) in [7, 11) is 0. The summed E-state index contributed by atoms with van der Waals surface area (Å²) in [6.07, 6.45) is 5.07. The van der Waals surface area contributed by atoms with Crippen LogP contribution in [0.15, 0.2) is 59.2 Å². The number of hydrogen-bond donors (Lipinski definition) is 1. The molecule has 1 fully saturated rings. The number of amides is 1. The van der Waals surface area contributed by atoms with E-state index >= 15 is 0 Å². The van der Waals surface area contributed by atoms with Gasteiger partial charge in [0, 0.05) is 68.7 Å². The lowest BCUT2D eigenvalue weighted by atomic mass is 10.00. The Morgan fingerprint density at radius 1 is 1.05 bits per heavy atom. The van der Waals surface area contributed by atoms with E-state index in [0.29, 0.717) is 18.7 Å². The first-order valence-electron chi connectivity index (χ1n) is 14.1. The van der Waals surface area contributed by atoms with E-state index in [2.05, 4.69) is 91.5 Å². The van der Waals surface area contributed by atoms with Gasteiger partial charge in [0.05, 0.1) is 11.3 Å². The molecule has 2 aromatic carbocycles. The van der Waals surface area contributed by atoms with Gasteiger partial charge >= 0.3 is 0 Å². The van der Waals surface area contributed by atoms with E-state index in [1.807, 2.05) is 11.8 Å². The maximum atomic E-state index is 14.0. The number of aromatic nitrogens is 2. The van der Waals surface area contributed by atoms with E-state index < -0.39 is 0 Å². The quantitative estimate of drug-likeness (QED) is 0.418. The second-order valence-corrected chi connectivity index (χ2v) is 11.8. The van der Waals surface area contributed by atoms with Crippen LogP contribution in [0, 0.1) is 12.8 Å². The Morgan fingerprint density at radius 3 is 2.62 bits per heavy atom. The van der Waals surface area contributed by atoms with Crippen molar-refractivity contribution in [1.82, 2.24) is 19.8 Å². The number of benzene rings is 2. The lowest BCUT2D eigenvalue weighted by Crippen LogP contribution is -2.39. The molecule has 39 heavy (non-hydrogen) atoms. The van der Waals surface area contributed by atoms with Gasteiger partial charge in [-0.15, -0.1) is 0 Å². The van der Waals surface area contributed by atoms with E-state index in [9.17, 15) is 4.79 Å². The number of fused-ring (bicyclic) bond motifs is 1. The molecule has 5 rings (SSSR count). The highest BCUT2D eigenvalue weighted by molar-refractivity contribution is 9.10. The Bertz CT molecular complexity index is 1260.